The fourth-order valence-electron chi connectivity index (χ4n) is 3.40. The van der Waals surface area contributed by atoms with Gasteiger partial charge in [-0.1, -0.05) is 30.3 Å². The zero-order valence-corrected chi connectivity index (χ0v) is 13.2. The van der Waals surface area contributed by atoms with E-state index in [1.807, 2.05) is 18.2 Å². The number of hydrogen-bond acceptors (Lipinski definition) is 4. The van der Waals surface area contributed by atoms with E-state index >= 15 is 0 Å². The summed E-state index contributed by atoms with van der Waals surface area (Å²) >= 11 is 0. The van der Waals surface area contributed by atoms with E-state index in [9.17, 15) is 14.7 Å². The van der Waals surface area contributed by atoms with Crippen molar-refractivity contribution in [2.75, 3.05) is 20.3 Å². The van der Waals surface area contributed by atoms with E-state index in [2.05, 4.69) is 10.1 Å². The van der Waals surface area contributed by atoms with Crippen molar-refractivity contribution in [3.63, 3.8) is 0 Å². The minimum Gasteiger partial charge on any atom is -0.453 e. The van der Waals surface area contributed by atoms with Crippen LogP contribution in [0.25, 0.3) is 0 Å². The Morgan fingerprint density at radius 2 is 2.09 bits per heavy atom. The highest BCUT2D eigenvalue weighted by atomic mass is 16.5. The fraction of sp³-hybridized carbons (Fsp3) is 0.529. The first-order valence-electron chi connectivity index (χ1n) is 7.89. The van der Waals surface area contributed by atoms with Crippen molar-refractivity contribution in [2.45, 2.75) is 31.3 Å². The Kier molecular flexibility index (Phi) is 4.26. The van der Waals surface area contributed by atoms with Gasteiger partial charge in [-0.3, -0.25) is 4.79 Å². The van der Waals surface area contributed by atoms with Gasteiger partial charge < -0.3 is 20.1 Å². The zero-order chi connectivity index (χ0) is 16.4. The lowest BCUT2D eigenvalue weighted by molar-refractivity contribution is -0.135. The molecule has 0 radical (unpaired) electrons. The van der Waals surface area contributed by atoms with E-state index in [0.29, 0.717) is 12.1 Å². The van der Waals surface area contributed by atoms with Crippen LogP contribution < -0.4 is 5.32 Å². The number of methoxy groups -OCH3 is 1. The second kappa shape index (κ2) is 6.20. The third kappa shape index (κ3) is 3.17. The lowest BCUT2D eigenvalue weighted by Gasteiger charge is -2.28. The van der Waals surface area contributed by atoms with Gasteiger partial charge in [-0.15, -0.1) is 0 Å². The molecular formula is C17H22N2O4. The third-order valence-corrected chi connectivity index (χ3v) is 4.89. The summed E-state index contributed by atoms with van der Waals surface area (Å²) in [7, 11) is 1.27. The molecule has 0 aromatic heterocycles. The number of alkyl carbamates (subject to hydrolysis) is 1. The maximum atomic E-state index is 13.0. The van der Waals surface area contributed by atoms with Crippen LogP contribution in [0.15, 0.2) is 30.3 Å². The minimum atomic E-state index is -0.799. The van der Waals surface area contributed by atoms with Crippen molar-refractivity contribution in [3.05, 3.63) is 35.9 Å². The summed E-state index contributed by atoms with van der Waals surface area (Å²) in [5.41, 5.74) is 0.895. The average molecular weight is 318 g/mol. The fourth-order valence-corrected chi connectivity index (χ4v) is 3.40. The predicted octanol–water partition coefficient (Wildman–Crippen LogP) is 1.46. The van der Waals surface area contributed by atoms with Gasteiger partial charge in [0, 0.05) is 6.54 Å². The van der Waals surface area contributed by atoms with Gasteiger partial charge in [-0.2, -0.15) is 0 Å². The lowest BCUT2D eigenvalue weighted by Crippen LogP contribution is -2.46. The molecule has 2 atom stereocenters. The predicted molar refractivity (Wildman–Crippen MR) is 83.6 cm³/mol. The van der Waals surface area contributed by atoms with Gasteiger partial charge in [0.2, 0.25) is 5.91 Å². The van der Waals surface area contributed by atoms with Crippen molar-refractivity contribution in [2.24, 2.45) is 5.41 Å². The van der Waals surface area contributed by atoms with Gasteiger partial charge in [0.05, 0.1) is 19.8 Å². The van der Waals surface area contributed by atoms with Crippen LogP contribution in [0.5, 0.6) is 0 Å². The van der Waals surface area contributed by atoms with Crippen LogP contribution in [0, 0.1) is 5.41 Å². The van der Waals surface area contributed by atoms with Crippen LogP contribution in [0.2, 0.25) is 0 Å². The quantitative estimate of drug-likeness (QED) is 0.881. The average Bonchev–Trinajstić information content (AvgIpc) is 3.23. The standard InChI is InChI=1S/C17H22N2O4/c1-23-16(22)18-14(12-5-3-2-4-6-12)15(21)19-11-17(7-8-17)9-13(19)10-20/h2-6,13-14,20H,7-11H2,1H3,(H,18,22)/t13-,14-/m0/s1. The molecule has 1 saturated heterocycles. The second-order valence-corrected chi connectivity index (χ2v) is 6.49. The molecule has 1 aliphatic carbocycles. The first-order chi connectivity index (χ1) is 11.1. The van der Waals surface area contributed by atoms with E-state index in [1.54, 1.807) is 17.0 Å². The van der Waals surface area contributed by atoms with Crippen molar-refractivity contribution in [1.29, 1.82) is 0 Å². The first kappa shape index (κ1) is 15.8. The molecule has 3 rings (SSSR count). The maximum Gasteiger partial charge on any atom is 0.407 e. The smallest absolute Gasteiger partial charge is 0.407 e. The van der Waals surface area contributed by atoms with Crippen molar-refractivity contribution >= 4 is 12.0 Å². The third-order valence-electron chi connectivity index (χ3n) is 4.89. The largest absolute Gasteiger partial charge is 0.453 e. The normalized spacial score (nSPS) is 22.7. The Labute approximate surface area is 135 Å². The molecule has 1 aromatic rings. The molecule has 2 aliphatic rings. The van der Waals surface area contributed by atoms with Gasteiger partial charge in [-0.25, -0.2) is 4.79 Å². The number of amides is 2. The Morgan fingerprint density at radius 1 is 1.39 bits per heavy atom. The number of hydrogen-bond donors (Lipinski definition) is 2. The summed E-state index contributed by atoms with van der Waals surface area (Å²) in [4.78, 5) is 26.4. The molecule has 6 heteroatoms. The van der Waals surface area contributed by atoms with E-state index in [4.69, 9.17) is 0 Å². The molecule has 1 aromatic carbocycles. The van der Waals surface area contributed by atoms with Crippen LogP contribution in [-0.2, 0) is 9.53 Å². The summed E-state index contributed by atoms with van der Waals surface area (Å²) in [6, 6.07) is 8.14. The molecule has 6 nitrogen and oxygen atoms in total. The number of aliphatic hydroxyl groups is 1. The van der Waals surface area contributed by atoms with Crippen LogP contribution in [-0.4, -0.2) is 48.3 Å². The zero-order valence-electron chi connectivity index (χ0n) is 13.2. The highest BCUT2D eigenvalue weighted by Crippen LogP contribution is 2.55. The molecule has 2 amide bonds. The lowest BCUT2D eigenvalue weighted by atomic mass is 10.0. The number of nitrogens with zero attached hydrogens (tertiary/aromatic N) is 1. The van der Waals surface area contributed by atoms with Crippen LogP contribution in [0.1, 0.15) is 30.9 Å². The van der Waals surface area contributed by atoms with Crippen molar-refractivity contribution in [3.8, 4) is 0 Å². The maximum absolute atomic E-state index is 13.0. The molecule has 1 spiro atoms. The summed E-state index contributed by atoms with van der Waals surface area (Å²) in [6.07, 6.45) is 2.41. The van der Waals surface area contributed by atoms with Crippen molar-refractivity contribution in [1.82, 2.24) is 10.2 Å². The number of ether oxygens (including phenoxy) is 1. The number of benzene rings is 1. The summed E-state index contributed by atoms with van der Waals surface area (Å²) in [6.45, 7) is 0.608. The molecule has 2 N–H and O–H groups in total. The van der Waals surface area contributed by atoms with E-state index in [-0.39, 0.29) is 24.0 Å². The number of aliphatic hydroxyl groups excluding tert-OH is 1. The van der Waals surface area contributed by atoms with Gasteiger partial charge in [0.25, 0.3) is 0 Å². The molecule has 23 heavy (non-hydrogen) atoms. The Morgan fingerprint density at radius 3 is 2.65 bits per heavy atom. The topological polar surface area (TPSA) is 78.9 Å². The Hall–Kier alpha value is -2.08. The van der Waals surface area contributed by atoms with Crippen LogP contribution in [0.4, 0.5) is 4.79 Å². The van der Waals surface area contributed by atoms with Crippen LogP contribution >= 0.6 is 0 Å². The number of rotatable bonds is 4. The van der Waals surface area contributed by atoms with E-state index < -0.39 is 12.1 Å². The molecule has 0 bridgehead atoms. The van der Waals surface area contributed by atoms with Crippen molar-refractivity contribution < 1.29 is 19.4 Å². The highest BCUT2D eigenvalue weighted by molar-refractivity contribution is 5.87. The number of likely N-dealkylation sites (tertiary alicyclic amines) is 1. The van der Waals surface area contributed by atoms with Gasteiger partial charge in [-0.05, 0) is 30.2 Å². The van der Waals surface area contributed by atoms with Gasteiger partial charge in [0.1, 0.15) is 6.04 Å². The molecule has 2 fully saturated rings. The molecule has 0 unspecified atom stereocenters. The minimum absolute atomic E-state index is 0.0484. The second-order valence-electron chi connectivity index (χ2n) is 6.49. The summed E-state index contributed by atoms with van der Waals surface area (Å²) < 4.78 is 4.65. The summed E-state index contributed by atoms with van der Waals surface area (Å²) in [5.74, 6) is -0.190. The van der Waals surface area contributed by atoms with Crippen LogP contribution in [0.3, 0.4) is 0 Å². The molecular weight excluding hydrogens is 296 g/mol. The number of carbonyl (C=O) groups excluding carboxylic acids is 2. The number of nitrogens with one attached hydrogen (secondary N) is 1. The SMILES string of the molecule is COC(=O)N[C@H](C(=O)N1CC2(CC2)C[C@H]1CO)c1ccccc1. The number of carbonyl (C=O) groups is 2. The van der Waals surface area contributed by atoms with E-state index in [0.717, 1.165) is 19.3 Å². The van der Waals surface area contributed by atoms with E-state index in [1.165, 1.54) is 7.11 Å². The Bertz CT molecular complexity index is 586. The monoisotopic (exact) mass is 318 g/mol. The molecule has 1 aliphatic heterocycles. The molecule has 1 saturated carbocycles. The van der Waals surface area contributed by atoms with Gasteiger partial charge in [0.15, 0.2) is 0 Å². The first-order valence-corrected chi connectivity index (χ1v) is 7.89. The van der Waals surface area contributed by atoms with Gasteiger partial charge >= 0.3 is 6.09 Å². The molecule has 124 valence electrons. The molecule has 1 heterocycles. The Balaban J connectivity index is 1.83. The highest BCUT2D eigenvalue weighted by Gasteiger charge is 2.53. The summed E-state index contributed by atoms with van der Waals surface area (Å²) in [5, 5.41) is 12.2.